The van der Waals surface area contributed by atoms with Crippen molar-refractivity contribution in [1.29, 1.82) is 0 Å². The number of carbonyl (C=O) groups is 1. The molecule has 1 amide bonds. The molecule has 2 atom stereocenters. The van der Waals surface area contributed by atoms with Crippen molar-refractivity contribution in [2.75, 3.05) is 12.8 Å². The summed E-state index contributed by atoms with van der Waals surface area (Å²) in [5, 5.41) is 0. The molecule has 2 aromatic rings. The second-order valence-corrected chi connectivity index (χ2v) is 10.9. The Balaban J connectivity index is 1.90. The van der Waals surface area contributed by atoms with Gasteiger partial charge in [0.25, 0.3) is 0 Å². The maximum atomic E-state index is 12.9. The number of benzene rings is 2. The Labute approximate surface area is 185 Å². The van der Waals surface area contributed by atoms with Crippen LogP contribution in [-0.2, 0) is 21.2 Å². The summed E-state index contributed by atoms with van der Waals surface area (Å²) < 4.78 is 32.4. The second-order valence-electron chi connectivity index (χ2n) is 9.15. The Morgan fingerprint density at radius 2 is 1.77 bits per heavy atom. The van der Waals surface area contributed by atoms with Gasteiger partial charge in [0.15, 0.2) is 0 Å². The van der Waals surface area contributed by atoms with Crippen molar-refractivity contribution >= 4 is 16.1 Å². The lowest BCUT2D eigenvalue weighted by Gasteiger charge is -2.41. The zero-order chi connectivity index (χ0) is 22.6. The summed E-state index contributed by atoms with van der Waals surface area (Å²) >= 11 is 0. The lowest BCUT2D eigenvalue weighted by Crippen LogP contribution is -2.58. The quantitative estimate of drug-likeness (QED) is 0.749. The van der Waals surface area contributed by atoms with Crippen molar-refractivity contribution in [3.05, 3.63) is 60.2 Å². The van der Waals surface area contributed by atoms with E-state index < -0.39 is 21.7 Å². The number of nitrogens with zero attached hydrogens (tertiary/aromatic N) is 1. The molecule has 0 aliphatic carbocycles. The first kappa shape index (κ1) is 23.3. The fraction of sp³-hybridized carbons (Fsp3) is 0.458. The number of rotatable bonds is 5. The summed E-state index contributed by atoms with van der Waals surface area (Å²) in [6.45, 7) is 6.04. The minimum atomic E-state index is -3.41. The molecule has 3 rings (SSSR count). The highest BCUT2D eigenvalue weighted by Crippen LogP contribution is 2.26. The van der Waals surface area contributed by atoms with Gasteiger partial charge in [-0.15, -0.1) is 0 Å². The minimum Gasteiger partial charge on any atom is -0.444 e. The first-order valence-corrected chi connectivity index (χ1v) is 12.5. The molecule has 6 nitrogen and oxygen atoms in total. The maximum absolute atomic E-state index is 12.9. The highest BCUT2D eigenvalue weighted by atomic mass is 32.2. The first-order chi connectivity index (χ1) is 14.5. The third kappa shape index (κ3) is 6.80. The van der Waals surface area contributed by atoms with Crippen LogP contribution in [0.3, 0.4) is 0 Å². The average Bonchev–Trinajstić information content (AvgIpc) is 2.68. The Bertz CT molecular complexity index is 1000. The van der Waals surface area contributed by atoms with E-state index in [-0.39, 0.29) is 12.1 Å². The van der Waals surface area contributed by atoms with E-state index in [1.54, 1.807) is 4.90 Å². The smallest absolute Gasteiger partial charge is 0.410 e. The third-order valence-corrected chi connectivity index (χ3v) is 5.98. The Kier molecular flexibility index (Phi) is 7.06. The molecule has 1 saturated heterocycles. The first-order valence-electron chi connectivity index (χ1n) is 10.6. The van der Waals surface area contributed by atoms with Gasteiger partial charge in [-0.1, -0.05) is 54.6 Å². The van der Waals surface area contributed by atoms with Crippen LogP contribution in [0.4, 0.5) is 4.79 Å². The Morgan fingerprint density at radius 1 is 1.10 bits per heavy atom. The summed E-state index contributed by atoms with van der Waals surface area (Å²) in [4.78, 5) is 14.6. The van der Waals surface area contributed by atoms with Gasteiger partial charge >= 0.3 is 6.09 Å². The molecule has 0 unspecified atom stereocenters. The monoisotopic (exact) mass is 444 g/mol. The van der Waals surface area contributed by atoms with E-state index in [1.165, 1.54) is 0 Å². The number of ether oxygens (including phenoxy) is 1. The standard InChI is InChI=1S/C24H32N2O4S/c1-24(2,3)30-23(27)26-15-9-14-21(25-31(4,28)29)22(26)17-18-10-8-13-20(16-18)19-11-6-5-7-12-19/h5-8,10-13,16,21-22,25H,9,14-15,17H2,1-4H3/t21-,22-/m1/s1. The van der Waals surface area contributed by atoms with Crippen molar-refractivity contribution in [1.82, 2.24) is 9.62 Å². The van der Waals surface area contributed by atoms with Crippen LogP contribution in [0.2, 0.25) is 0 Å². The molecule has 2 aromatic carbocycles. The van der Waals surface area contributed by atoms with Crippen LogP contribution in [0, 0.1) is 0 Å². The molecular formula is C24H32N2O4S. The number of carbonyl (C=O) groups excluding carboxylic acids is 1. The van der Waals surface area contributed by atoms with Gasteiger partial charge in [-0.2, -0.15) is 0 Å². The van der Waals surface area contributed by atoms with E-state index in [4.69, 9.17) is 4.74 Å². The minimum absolute atomic E-state index is 0.329. The van der Waals surface area contributed by atoms with Crippen LogP contribution in [0.1, 0.15) is 39.2 Å². The van der Waals surface area contributed by atoms with Crippen LogP contribution in [-0.4, -0.2) is 49.9 Å². The van der Waals surface area contributed by atoms with Crippen molar-refractivity contribution in [2.45, 2.75) is 57.7 Å². The molecule has 0 spiro atoms. The van der Waals surface area contributed by atoms with Gasteiger partial charge in [0.1, 0.15) is 5.60 Å². The number of nitrogens with one attached hydrogen (secondary N) is 1. The Morgan fingerprint density at radius 3 is 2.42 bits per heavy atom. The van der Waals surface area contributed by atoms with E-state index in [0.717, 1.165) is 22.9 Å². The maximum Gasteiger partial charge on any atom is 0.410 e. The van der Waals surface area contributed by atoms with Crippen LogP contribution in [0.15, 0.2) is 54.6 Å². The van der Waals surface area contributed by atoms with Gasteiger partial charge in [-0.05, 0) is 56.7 Å². The third-order valence-electron chi connectivity index (χ3n) is 5.25. The molecule has 31 heavy (non-hydrogen) atoms. The summed E-state index contributed by atoms with van der Waals surface area (Å²) in [5.74, 6) is 0. The van der Waals surface area contributed by atoms with Crippen molar-refractivity contribution in [3.63, 3.8) is 0 Å². The predicted molar refractivity (Wildman–Crippen MR) is 123 cm³/mol. The highest BCUT2D eigenvalue weighted by molar-refractivity contribution is 7.88. The molecule has 0 saturated carbocycles. The zero-order valence-corrected chi connectivity index (χ0v) is 19.5. The summed E-state index contributed by atoms with van der Waals surface area (Å²) in [5.41, 5.74) is 2.63. The van der Waals surface area contributed by atoms with Gasteiger partial charge in [-0.25, -0.2) is 17.9 Å². The van der Waals surface area contributed by atoms with Gasteiger partial charge in [-0.3, -0.25) is 0 Å². The zero-order valence-electron chi connectivity index (χ0n) is 18.7. The summed E-state index contributed by atoms with van der Waals surface area (Å²) in [7, 11) is -3.41. The predicted octanol–water partition coefficient (Wildman–Crippen LogP) is 4.21. The number of piperidine rings is 1. The van der Waals surface area contributed by atoms with E-state index in [2.05, 4.69) is 29.0 Å². The molecule has 0 radical (unpaired) electrons. The van der Waals surface area contributed by atoms with Gasteiger partial charge in [0, 0.05) is 12.6 Å². The number of hydrogen-bond donors (Lipinski definition) is 1. The molecule has 0 bridgehead atoms. The van der Waals surface area contributed by atoms with Crippen molar-refractivity contribution in [2.24, 2.45) is 0 Å². The highest BCUT2D eigenvalue weighted by Gasteiger charge is 2.37. The normalized spacial score (nSPS) is 19.8. The molecule has 0 aromatic heterocycles. The van der Waals surface area contributed by atoms with Gasteiger partial charge in [0.2, 0.25) is 10.0 Å². The van der Waals surface area contributed by atoms with E-state index in [9.17, 15) is 13.2 Å². The summed E-state index contributed by atoms with van der Waals surface area (Å²) in [6.07, 6.45) is 2.68. The van der Waals surface area contributed by atoms with Crippen LogP contribution in [0.5, 0.6) is 0 Å². The topological polar surface area (TPSA) is 75.7 Å². The fourth-order valence-electron chi connectivity index (χ4n) is 4.02. The van der Waals surface area contributed by atoms with E-state index >= 15 is 0 Å². The molecule has 168 valence electrons. The van der Waals surface area contributed by atoms with Crippen molar-refractivity contribution < 1.29 is 17.9 Å². The molecule has 1 N–H and O–H groups in total. The van der Waals surface area contributed by atoms with Crippen molar-refractivity contribution in [3.8, 4) is 11.1 Å². The second kappa shape index (κ2) is 9.40. The number of sulfonamides is 1. The molecule has 7 heteroatoms. The molecular weight excluding hydrogens is 412 g/mol. The number of hydrogen-bond acceptors (Lipinski definition) is 4. The van der Waals surface area contributed by atoms with Crippen LogP contribution < -0.4 is 4.72 Å². The molecule has 1 aliphatic rings. The number of amides is 1. The fourth-order valence-corrected chi connectivity index (χ4v) is 4.84. The van der Waals surface area contributed by atoms with Gasteiger partial charge in [0.05, 0.1) is 12.3 Å². The lowest BCUT2D eigenvalue weighted by atomic mass is 9.90. The van der Waals surface area contributed by atoms with E-state index in [0.29, 0.717) is 25.8 Å². The van der Waals surface area contributed by atoms with Gasteiger partial charge < -0.3 is 9.64 Å². The Hall–Kier alpha value is -2.38. The SMILES string of the molecule is CC(C)(C)OC(=O)N1CCC[C@@H](NS(C)(=O)=O)[C@H]1Cc1cccc(-c2ccccc2)c1. The van der Waals surface area contributed by atoms with Crippen LogP contribution >= 0.6 is 0 Å². The van der Waals surface area contributed by atoms with E-state index in [1.807, 2.05) is 51.1 Å². The number of likely N-dealkylation sites (tertiary alicyclic amines) is 1. The average molecular weight is 445 g/mol. The lowest BCUT2D eigenvalue weighted by molar-refractivity contribution is 0.00592. The van der Waals surface area contributed by atoms with Crippen LogP contribution in [0.25, 0.3) is 11.1 Å². The molecule has 1 fully saturated rings. The largest absolute Gasteiger partial charge is 0.444 e. The molecule has 1 aliphatic heterocycles. The summed E-state index contributed by atoms with van der Waals surface area (Å²) in [6, 6.07) is 17.6. The molecule has 1 heterocycles.